The van der Waals surface area contributed by atoms with Crippen LogP contribution in [0.4, 0.5) is 4.79 Å². The summed E-state index contributed by atoms with van der Waals surface area (Å²) in [7, 11) is -0.949. The zero-order chi connectivity index (χ0) is 16.1. The molecule has 0 saturated carbocycles. The minimum Gasteiger partial charge on any atom is -0.371 e. The van der Waals surface area contributed by atoms with Gasteiger partial charge < -0.3 is 15.4 Å². The van der Waals surface area contributed by atoms with Gasteiger partial charge in [0.05, 0.1) is 6.04 Å². The number of hydrogen-bond donors (Lipinski definition) is 2. The van der Waals surface area contributed by atoms with E-state index in [4.69, 9.17) is 16.3 Å². The van der Waals surface area contributed by atoms with Gasteiger partial charge in [0.2, 0.25) is 0 Å². The monoisotopic (exact) mass is 344 g/mol. The van der Waals surface area contributed by atoms with E-state index < -0.39 is 10.8 Å². The molecule has 0 radical (unpaired) electrons. The maximum absolute atomic E-state index is 12.0. The standard InChI is InChI=1S/C15H21ClN2O3S/c1-10(22(2)20)9-17-15(19)18-13-7-8-21-14(13)11-3-5-12(16)6-4-11/h3-6,10,13-14H,7-9H2,1-2H3,(H2,17,18,19)/t10-,13-,14+,22-/m1/s1. The summed E-state index contributed by atoms with van der Waals surface area (Å²) in [5.74, 6) is 0. The zero-order valence-electron chi connectivity index (χ0n) is 12.7. The third-order valence-electron chi connectivity index (χ3n) is 3.72. The average Bonchev–Trinajstić information content (AvgIpc) is 2.93. The van der Waals surface area contributed by atoms with Crippen LogP contribution in [0.2, 0.25) is 5.02 Å². The van der Waals surface area contributed by atoms with Crippen molar-refractivity contribution < 1.29 is 13.7 Å². The Kier molecular flexibility index (Phi) is 6.23. The molecule has 22 heavy (non-hydrogen) atoms. The maximum Gasteiger partial charge on any atom is 0.315 e. The Hall–Kier alpha value is -1.11. The van der Waals surface area contributed by atoms with Crippen LogP contribution in [0, 0.1) is 0 Å². The number of carbonyl (C=O) groups excluding carboxylic acids is 1. The SMILES string of the molecule is C[C@H](CNC(=O)N[C@@H]1CCO[C@H]1c1ccc(Cl)cc1)[S@@](C)=O. The van der Waals surface area contributed by atoms with Crippen LogP contribution < -0.4 is 10.6 Å². The van der Waals surface area contributed by atoms with Crippen LogP contribution in [0.1, 0.15) is 25.0 Å². The van der Waals surface area contributed by atoms with E-state index in [1.54, 1.807) is 6.26 Å². The first-order chi connectivity index (χ1) is 10.5. The summed E-state index contributed by atoms with van der Waals surface area (Å²) in [6, 6.07) is 7.11. The summed E-state index contributed by atoms with van der Waals surface area (Å²) >= 11 is 5.89. The Morgan fingerprint density at radius 3 is 2.77 bits per heavy atom. The van der Waals surface area contributed by atoms with Crippen molar-refractivity contribution in [2.75, 3.05) is 19.4 Å². The topological polar surface area (TPSA) is 67.4 Å². The summed E-state index contributed by atoms with van der Waals surface area (Å²) in [5, 5.41) is 6.28. The van der Waals surface area contributed by atoms with Gasteiger partial charge in [-0.1, -0.05) is 23.7 Å². The molecule has 122 valence electrons. The van der Waals surface area contributed by atoms with Crippen molar-refractivity contribution in [2.24, 2.45) is 0 Å². The van der Waals surface area contributed by atoms with Crippen LogP contribution in [0.3, 0.4) is 0 Å². The number of carbonyl (C=O) groups is 1. The third kappa shape index (κ3) is 4.69. The van der Waals surface area contributed by atoms with Crippen LogP contribution in [0.5, 0.6) is 0 Å². The minimum absolute atomic E-state index is 0.0716. The Labute approximate surface area is 138 Å². The second-order valence-corrected chi connectivity index (χ2v) is 7.64. The van der Waals surface area contributed by atoms with Crippen molar-refractivity contribution in [3.63, 3.8) is 0 Å². The Morgan fingerprint density at radius 2 is 2.14 bits per heavy atom. The van der Waals surface area contributed by atoms with Gasteiger partial charge in [-0.3, -0.25) is 4.21 Å². The lowest BCUT2D eigenvalue weighted by Gasteiger charge is -2.21. The van der Waals surface area contributed by atoms with E-state index >= 15 is 0 Å². The fourth-order valence-corrected chi connectivity index (χ4v) is 2.74. The molecule has 1 aromatic carbocycles. The number of rotatable bonds is 5. The molecule has 1 saturated heterocycles. The maximum atomic E-state index is 12.0. The summed E-state index contributed by atoms with van der Waals surface area (Å²) in [6.45, 7) is 2.83. The van der Waals surface area contributed by atoms with Crippen molar-refractivity contribution in [3.05, 3.63) is 34.9 Å². The molecule has 0 bridgehead atoms. The molecule has 5 nitrogen and oxygen atoms in total. The largest absolute Gasteiger partial charge is 0.371 e. The van der Waals surface area contributed by atoms with Gasteiger partial charge in [-0.2, -0.15) is 0 Å². The van der Waals surface area contributed by atoms with Crippen LogP contribution in [0.15, 0.2) is 24.3 Å². The lowest BCUT2D eigenvalue weighted by Crippen LogP contribution is -2.45. The van der Waals surface area contributed by atoms with Gasteiger partial charge in [-0.15, -0.1) is 0 Å². The first-order valence-electron chi connectivity index (χ1n) is 7.21. The lowest BCUT2D eigenvalue weighted by atomic mass is 10.0. The molecule has 1 aliphatic rings. The van der Waals surface area contributed by atoms with Crippen molar-refractivity contribution in [1.29, 1.82) is 0 Å². The number of halogens is 1. The number of ether oxygens (including phenoxy) is 1. The number of hydrogen-bond acceptors (Lipinski definition) is 3. The molecule has 0 aliphatic carbocycles. The molecule has 4 atom stereocenters. The molecule has 0 unspecified atom stereocenters. The zero-order valence-corrected chi connectivity index (χ0v) is 14.2. The van der Waals surface area contributed by atoms with Gasteiger partial charge in [0.15, 0.2) is 0 Å². The van der Waals surface area contributed by atoms with Crippen LogP contribution in [0.25, 0.3) is 0 Å². The van der Waals surface area contributed by atoms with Gasteiger partial charge in [0.1, 0.15) is 6.10 Å². The Bertz CT molecular complexity index is 538. The van der Waals surface area contributed by atoms with E-state index in [0.29, 0.717) is 18.2 Å². The van der Waals surface area contributed by atoms with Gasteiger partial charge in [0.25, 0.3) is 0 Å². The van der Waals surface area contributed by atoms with E-state index in [0.717, 1.165) is 12.0 Å². The molecule has 7 heteroatoms. The van der Waals surface area contributed by atoms with Crippen molar-refractivity contribution in [2.45, 2.75) is 30.7 Å². The Morgan fingerprint density at radius 1 is 1.45 bits per heavy atom. The number of nitrogens with one attached hydrogen (secondary N) is 2. The predicted molar refractivity (Wildman–Crippen MR) is 88.6 cm³/mol. The van der Waals surface area contributed by atoms with Gasteiger partial charge >= 0.3 is 6.03 Å². The normalized spacial score (nSPS) is 23.8. The van der Waals surface area contributed by atoms with Gasteiger partial charge in [-0.25, -0.2) is 4.79 Å². The van der Waals surface area contributed by atoms with Crippen molar-refractivity contribution >= 4 is 28.4 Å². The molecular formula is C15H21ClN2O3S. The summed E-state index contributed by atoms with van der Waals surface area (Å²) in [6.07, 6.45) is 2.22. The van der Waals surface area contributed by atoms with E-state index in [1.165, 1.54) is 0 Å². The first kappa shape index (κ1) is 17.2. The second-order valence-electron chi connectivity index (χ2n) is 5.40. The van der Waals surface area contributed by atoms with Crippen molar-refractivity contribution in [3.8, 4) is 0 Å². The molecule has 1 aliphatic heterocycles. The Balaban J connectivity index is 1.89. The predicted octanol–water partition coefficient (Wildman–Crippen LogP) is 2.24. The molecule has 1 fully saturated rings. The molecule has 2 rings (SSSR count). The molecule has 2 amide bonds. The van der Waals surface area contributed by atoms with Crippen LogP contribution in [-0.2, 0) is 15.5 Å². The van der Waals surface area contributed by atoms with Gasteiger partial charge in [0, 0.05) is 40.5 Å². The molecule has 2 N–H and O–H groups in total. The number of amides is 2. The van der Waals surface area contributed by atoms with E-state index in [9.17, 15) is 9.00 Å². The molecular weight excluding hydrogens is 324 g/mol. The minimum atomic E-state index is -0.949. The highest BCUT2D eigenvalue weighted by atomic mass is 35.5. The summed E-state index contributed by atoms with van der Waals surface area (Å²) < 4.78 is 17.0. The highest BCUT2D eigenvalue weighted by Gasteiger charge is 2.30. The van der Waals surface area contributed by atoms with E-state index in [-0.39, 0.29) is 23.4 Å². The fourth-order valence-electron chi connectivity index (χ4n) is 2.29. The lowest BCUT2D eigenvalue weighted by molar-refractivity contribution is 0.0999. The molecule has 1 aromatic rings. The third-order valence-corrected chi connectivity index (χ3v) is 5.28. The quantitative estimate of drug-likeness (QED) is 0.860. The smallest absolute Gasteiger partial charge is 0.315 e. The first-order valence-corrected chi connectivity index (χ1v) is 9.21. The summed E-state index contributed by atoms with van der Waals surface area (Å²) in [4.78, 5) is 12.0. The second kappa shape index (κ2) is 7.94. The summed E-state index contributed by atoms with van der Waals surface area (Å²) in [5.41, 5.74) is 0.996. The molecule has 0 aromatic heterocycles. The highest BCUT2D eigenvalue weighted by Crippen LogP contribution is 2.29. The van der Waals surface area contributed by atoms with Crippen molar-refractivity contribution in [1.82, 2.24) is 10.6 Å². The van der Waals surface area contributed by atoms with E-state index in [1.807, 2.05) is 31.2 Å². The molecule has 0 spiro atoms. The number of benzene rings is 1. The van der Waals surface area contributed by atoms with Crippen LogP contribution in [-0.4, -0.2) is 40.9 Å². The molecule has 1 heterocycles. The van der Waals surface area contributed by atoms with E-state index in [2.05, 4.69) is 10.6 Å². The average molecular weight is 345 g/mol. The van der Waals surface area contributed by atoms with Crippen LogP contribution >= 0.6 is 11.6 Å². The number of urea groups is 1. The van der Waals surface area contributed by atoms with Gasteiger partial charge in [-0.05, 0) is 31.0 Å². The highest BCUT2D eigenvalue weighted by molar-refractivity contribution is 7.84. The fraction of sp³-hybridized carbons (Fsp3) is 0.533.